The third-order valence-corrected chi connectivity index (χ3v) is 8.26. The second-order valence-corrected chi connectivity index (χ2v) is 10.8. The molecule has 34 heavy (non-hydrogen) atoms. The van der Waals surface area contributed by atoms with E-state index in [0.717, 1.165) is 41.2 Å². The maximum Gasteiger partial charge on any atom is 0.229 e. The van der Waals surface area contributed by atoms with E-state index in [9.17, 15) is 17.6 Å². The number of carbonyl (C=O) groups is 1. The van der Waals surface area contributed by atoms with Crippen LogP contribution in [0.3, 0.4) is 0 Å². The van der Waals surface area contributed by atoms with Crippen molar-refractivity contribution in [2.24, 2.45) is 0 Å². The predicted molar refractivity (Wildman–Crippen MR) is 134 cm³/mol. The molecule has 184 valence electrons. The van der Waals surface area contributed by atoms with Crippen LogP contribution in [-0.4, -0.2) is 62.7 Å². The third kappa shape index (κ3) is 6.52. The first kappa shape index (κ1) is 26.1. The first-order chi connectivity index (χ1) is 16.3. The average molecular weight is 508 g/mol. The zero-order chi connectivity index (χ0) is 24.7. The van der Waals surface area contributed by atoms with Crippen LogP contribution in [0.1, 0.15) is 27.2 Å². The second-order valence-electron chi connectivity index (χ2n) is 7.65. The van der Waals surface area contributed by atoms with E-state index in [0.29, 0.717) is 24.8 Å². The Balaban J connectivity index is 1.82. The highest BCUT2D eigenvalue weighted by atomic mass is 32.2. The highest BCUT2D eigenvalue weighted by Crippen LogP contribution is 2.32. The minimum atomic E-state index is -3.72. The fraction of sp³-hybridized carbons (Fsp3) is 0.417. The van der Waals surface area contributed by atoms with Crippen molar-refractivity contribution in [2.75, 3.05) is 43.4 Å². The monoisotopic (exact) mass is 507 g/mol. The summed E-state index contributed by atoms with van der Waals surface area (Å²) in [5, 5.41) is 0.528. The SMILES string of the molecule is CCOc1ccc2nc(N(CCN(CC)CC)C(=O)CCS(=O)(=O)c3ccc(F)cc3)sc2c1. The van der Waals surface area contributed by atoms with Gasteiger partial charge in [-0.2, -0.15) is 0 Å². The smallest absolute Gasteiger partial charge is 0.229 e. The molecule has 1 heterocycles. The molecule has 0 radical (unpaired) electrons. The molecule has 1 amide bonds. The number of carbonyl (C=O) groups excluding carboxylic acids is 1. The number of sulfone groups is 1. The van der Waals surface area contributed by atoms with Gasteiger partial charge in [-0.05, 0) is 62.5 Å². The van der Waals surface area contributed by atoms with Gasteiger partial charge in [-0.25, -0.2) is 17.8 Å². The summed E-state index contributed by atoms with van der Waals surface area (Å²) in [7, 11) is -3.72. The molecule has 2 aromatic carbocycles. The lowest BCUT2D eigenvalue weighted by molar-refractivity contribution is -0.118. The number of amides is 1. The van der Waals surface area contributed by atoms with Gasteiger partial charge < -0.3 is 9.64 Å². The van der Waals surface area contributed by atoms with Crippen LogP contribution in [0.4, 0.5) is 9.52 Å². The summed E-state index contributed by atoms with van der Waals surface area (Å²) < 4.78 is 45.0. The molecule has 0 aliphatic rings. The molecule has 0 unspecified atom stereocenters. The minimum Gasteiger partial charge on any atom is -0.494 e. The minimum absolute atomic E-state index is 0.000156. The van der Waals surface area contributed by atoms with E-state index in [2.05, 4.69) is 23.7 Å². The molecule has 0 spiro atoms. The fourth-order valence-corrected chi connectivity index (χ4v) is 5.76. The Morgan fingerprint density at radius 3 is 2.41 bits per heavy atom. The molecule has 7 nitrogen and oxygen atoms in total. The van der Waals surface area contributed by atoms with E-state index in [1.165, 1.54) is 23.5 Å². The van der Waals surface area contributed by atoms with Gasteiger partial charge in [-0.3, -0.25) is 9.69 Å². The maximum absolute atomic E-state index is 13.2. The molecule has 1 aromatic heterocycles. The molecular formula is C24H30FN3O4S2. The Kier molecular flexibility index (Phi) is 8.98. The summed E-state index contributed by atoms with van der Waals surface area (Å²) in [5.74, 6) is -0.460. The number of hydrogen-bond acceptors (Lipinski definition) is 7. The second kappa shape index (κ2) is 11.7. The lowest BCUT2D eigenvalue weighted by Crippen LogP contribution is -2.39. The number of aromatic nitrogens is 1. The first-order valence-electron chi connectivity index (χ1n) is 11.3. The fourth-order valence-electron chi connectivity index (χ4n) is 3.49. The Morgan fingerprint density at radius 1 is 1.06 bits per heavy atom. The number of thiazole rings is 1. The van der Waals surface area contributed by atoms with Gasteiger partial charge in [0, 0.05) is 19.5 Å². The standard InChI is InChI=1S/C24H30FN3O4S2/c1-4-27(5-2)14-15-28(24-26-21-12-9-19(32-6-3)17-22(21)33-24)23(29)13-16-34(30,31)20-10-7-18(25)8-11-20/h7-12,17H,4-6,13-16H2,1-3H3. The van der Waals surface area contributed by atoms with Crippen LogP contribution in [0.15, 0.2) is 47.4 Å². The number of ether oxygens (including phenoxy) is 1. The van der Waals surface area contributed by atoms with Crippen molar-refractivity contribution < 1.29 is 22.3 Å². The van der Waals surface area contributed by atoms with E-state index in [4.69, 9.17) is 4.74 Å². The van der Waals surface area contributed by atoms with Crippen LogP contribution in [0.2, 0.25) is 0 Å². The van der Waals surface area contributed by atoms with Gasteiger partial charge in [-0.1, -0.05) is 25.2 Å². The molecule has 0 N–H and O–H groups in total. The Labute approximate surface area is 204 Å². The van der Waals surface area contributed by atoms with Gasteiger partial charge in [0.15, 0.2) is 15.0 Å². The number of benzene rings is 2. The molecule has 0 aliphatic heterocycles. The maximum atomic E-state index is 13.2. The average Bonchev–Trinajstić information content (AvgIpc) is 3.24. The van der Waals surface area contributed by atoms with Crippen molar-refractivity contribution in [3.05, 3.63) is 48.3 Å². The molecule has 0 bridgehead atoms. The number of halogens is 1. The zero-order valence-corrected chi connectivity index (χ0v) is 21.3. The zero-order valence-electron chi connectivity index (χ0n) is 19.7. The summed E-state index contributed by atoms with van der Waals surface area (Å²) in [4.78, 5) is 21.6. The van der Waals surface area contributed by atoms with Crippen molar-refractivity contribution in [3.8, 4) is 5.75 Å². The van der Waals surface area contributed by atoms with Gasteiger partial charge >= 0.3 is 0 Å². The van der Waals surface area contributed by atoms with E-state index in [1.807, 2.05) is 25.1 Å². The number of likely N-dealkylation sites (N-methyl/N-ethyl adjacent to an activating group) is 1. The van der Waals surface area contributed by atoms with Gasteiger partial charge in [0.1, 0.15) is 11.6 Å². The molecular weight excluding hydrogens is 477 g/mol. The van der Waals surface area contributed by atoms with Crippen LogP contribution in [0, 0.1) is 5.82 Å². The van der Waals surface area contributed by atoms with Crippen LogP contribution in [0.25, 0.3) is 10.2 Å². The van der Waals surface area contributed by atoms with Crippen molar-refractivity contribution in [1.29, 1.82) is 0 Å². The van der Waals surface area contributed by atoms with Crippen molar-refractivity contribution in [2.45, 2.75) is 32.1 Å². The number of anilines is 1. The number of hydrogen-bond donors (Lipinski definition) is 0. The predicted octanol–water partition coefficient (Wildman–Crippen LogP) is 4.37. The van der Waals surface area contributed by atoms with Gasteiger partial charge in [0.25, 0.3) is 0 Å². The molecule has 0 aliphatic carbocycles. The van der Waals surface area contributed by atoms with Crippen LogP contribution < -0.4 is 9.64 Å². The molecule has 3 aromatic rings. The number of rotatable bonds is 12. The van der Waals surface area contributed by atoms with E-state index in [1.54, 1.807) is 4.90 Å². The van der Waals surface area contributed by atoms with Crippen LogP contribution in [-0.2, 0) is 14.6 Å². The summed E-state index contributed by atoms with van der Waals surface area (Å²) in [6, 6.07) is 10.2. The normalized spacial score (nSPS) is 11.8. The summed E-state index contributed by atoms with van der Waals surface area (Å²) in [6.07, 6.45) is -0.196. The Hall–Kier alpha value is -2.56. The highest BCUT2D eigenvalue weighted by Gasteiger charge is 2.24. The molecule has 0 saturated heterocycles. The molecule has 0 fully saturated rings. The van der Waals surface area contributed by atoms with Gasteiger partial charge in [0.2, 0.25) is 5.91 Å². The van der Waals surface area contributed by atoms with E-state index >= 15 is 0 Å². The topological polar surface area (TPSA) is 79.8 Å². The summed E-state index contributed by atoms with van der Waals surface area (Å²) in [5.41, 5.74) is 0.753. The largest absolute Gasteiger partial charge is 0.494 e. The Morgan fingerprint density at radius 2 is 1.76 bits per heavy atom. The van der Waals surface area contributed by atoms with E-state index < -0.39 is 15.7 Å². The highest BCUT2D eigenvalue weighted by molar-refractivity contribution is 7.91. The molecule has 0 atom stereocenters. The van der Waals surface area contributed by atoms with Crippen LogP contribution in [0.5, 0.6) is 5.75 Å². The number of nitrogens with zero attached hydrogens (tertiary/aromatic N) is 3. The van der Waals surface area contributed by atoms with E-state index in [-0.39, 0.29) is 23.0 Å². The lowest BCUT2D eigenvalue weighted by atomic mass is 10.3. The first-order valence-corrected chi connectivity index (χ1v) is 13.8. The van der Waals surface area contributed by atoms with Gasteiger partial charge in [-0.15, -0.1) is 0 Å². The number of fused-ring (bicyclic) bond motifs is 1. The molecule has 10 heteroatoms. The summed E-state index contributed by atoms with van der Waals surface area (Å²) in [6.45, 7) is 9.29. The molecule has 3 rings (SSSR count). The van der Waals surface area contributed by atoms with Crippen molar-refractivity contribution in [1.82, 2.24) is 9.88 Å². The third-order valence-electron chi connectivity index (χ3n) is 5.48. The van der Waals surface area contributed by atoms with Crippen molar-refractivity contribution in [3.63, 3.8) is 0 Å². The summed E-state index contributed by atoms with van der Waals surface area (Å²) >= 11 is 1.38. The van der Waals surface area contributed by atoms with Crippen molar-refractivity contribution >= 4 is 42.4 Å². The van der Waals surface area contributed by atoms with Crippen LogP contribution >= 0.6 is 11.3 Å². The lowest BCUT2D eigenvalue weighted by Gasteiger charge is -2.24. The quantitative estimate of drug-likeness (QED) is 0.339. The molecule has 0 saturated carbocycles. The van der Waals surface area contributed by atoms with Gasteiger partial charge in [0.05, 0.1) is 27.5 Å². The Bertz CT molecular complexity index is 1210.